The first kappa shape index (κ1) is 9.19. The van der Waals surface area contributed by atoms with Gasteiger partial charge in [0.15, 0.2) is 5.65 Å². The molecule has 2 heterocycles. The summed E-state index contributed by atoms with van der Waals surface area (Å²) in [7, 11) is 2.03. The Hall–Kier alpha value is -1.38. The fraction of sp³-hybridized carbons (Fsp3) is 0.455. The predicted molar refractivity (Wildman–Crippen MR) is 57.2 cm³/mol. The van der Waals surface area contributed by atoms with E-state index in [0.29, 0.717) is 0 Å². The van der Waals surface area contributed by atoms with E-state index < -0.39 is 0 Å². The van der Waals surface area contributed by atoms with Crippen LogP contribution in [-0.4, -0.2) is 14.5 Å². The van der Waals surface area contributed by atoms with Crippen LogP contribution in [0.3, 0.4) is 0 Å². The second-order valence-electron chi connectivity index (χ2n) is 3.63. The second-order valence-corrected chi connectivity index (χ2v) is 3.63. The van der Waals surface area contributed by atoms with Gasteiger partial charge < -0.3 is 4.57 Å². The summed E-state index contributed by atoms with van der Waals surface area (Å²) in [5.41, 5.74) is 3.04. The van der Waals surface area contributed by atoms with E-state index in [2.05, 4.69) is 21.5 Å². The van der Waals surface area contributed by atoms with Gasteiger partial charge in [-0.05, 0) is 25.5 Å². The van der Waals surface area contributed by atoms with Crippen LogP contribution in [0, 0.1) is 6.92 Å². The molecule has 0 atom stereocenters. The smallest absolute Gasteiger partial charge is 0.159 e. The molecule has 3 heteroatoms. The first-order valence-corrected chi connectivity index (χ1v) is 5.01. The number of hydrogen-bond donors (Lipinski definition) is 0. The van der Waals surface area contributed by atoms with Crippen molar-refractivity contribution < 1.29 is 0 Å². The van der Waals surface area contributed by atoms with E-state index in [0.717, 1.165) is 35.5 Å². The lowest BCUT2D eigenvalue weighted by Gasteiger charge is -1.99. The van der Waals surface area contributed by atoms with Crippen LogP contribution in [0.15, 0.2) is 12.1 Å². The van der Waals surface area contributed by atoms with Crippen molar-refractivity contribution in [2.45, 2.75) is 26.7 Å². The Kier molecular flexibility index (Phi) is 2.23. The highest BCUT2D eigenvalue weighted by Crippen LogP contribution is 2.13. The number of aromatic nitrogens is 3. The molecule has 0 unspecified atom stereocenters. The van der Waals surface area contributed by atoms with E-state index in [9.17, 15) is 0 Å². The van der Waals surface area contributed by atoms with Gasteiger partial charge >= 0.3 is 0 Å². The molecule has 2 rings (SSSR count). The zero-order valence-corrected chi connectivity index (χ0v) is 8.91. The minimum Gasteiger partial charge on any atom is -0.316 e. The van der Waals surface area contributed by atoms with Crippen LogP contribution in [0.1, 0.15) is 24.9 Å². The van der Waals surface area contributed by atoms with E-state index >= 15 is 0 Å². The third-order valence-corrected chi connectivity index (χ3v) is 2.42. The van der Waals surface area contributed by atoms with Crippen molar-refractivity contribution in [1.29, 1.82) is 0 Å². The molecule has 0 spiro atoms. The summed E-state index contributed by atoms with van der Waals surface area (Å²) in [6, 6.07) is 4.04. The standard InChI is InChI=1S/C11H15N3/c1-4-5-10-13-9-7-6-8(2)12-11(9)14(10)3/h6-7H,4-5H2,1-3H3. The summed E-state index contributed by atoms with van der Waals surface area (Å²) in [4.78, 5) is 9.02. The maximum atomic E-state index is 4.54. The van der Waals surface area contributed by atoms with Crippen molar-refractivity contribution >= 4 is 11.2 Å². The van der Waals surface area contributed by atoms with Crippen LogP contribution in [0.5, 0.6) is 0 Å². The number of fused-ring (bicyclic) bond motifs is 1. The second kappa shape index (κ2) is 3.40. The molecule has 0 amide bonds. The van der Waals surface area contributed by atoms with Crippen molar-refractivity contribution in [1.82, 2.24) is 14.5 Å². The first-order valence-electron chi connectivity index (χ1n) is 5.01. The highest BCUT2D eigenvalue weighted by atomic mass is 15.1. The van der Waals surface area contributed by atoms with Gasteiger partial charge in [-0.25, -0.2) is 9.97 Å². The number of pyridine rings is 1. The van der Waals surface area contributed by atoms with Crippen molar-refractivity contribution in [3.63, 3.8) is 0 Å². The van der Waals surface area contributed by atoms with Gasteiger partial charge in [-0.2, -0.15) is 0 Å². The van der Waals surface area contributed by atoms with Gasteiger partial charge in [0.05, 0.1) is 0 Å². The Morgan fingerprint density at radius 2 is 2.07 bits per heavy atom. The Morgan fingerprint density at radius 3 is 2.79 bits per heavy atom. The Bertz CT molecular complexity index is 457. The first-order chi connectivity index (χ1) is 6.72. The highest BCUT2D eigenvalue weighted by Gasteiger charge is 2.07. The Morgan fingerprint density at radius 1 is 1.29 bits per heavy atom. The van der Waals surface area contributed by atoms with E-state index in [4.69, 9.17) is 0 Å². The Balaban J connectivity index is 2.62. The lowest BCUT2D eigenvalue weighted by atomic mass is 10.3. The summed E-state index contributed by atoms with van der Waals surface area (Å²) in [5.74, 6) is 1.13. The van der Waals surface area contributed by atoms with Crippen molar-refractivity contribution in [3.8, 4) is 0 Å². The van der Waals surface area contributed by atoms with Crippen LogP contribution in [0.2, 0.25) is 0 Å². The molecular formula is C11H15N3. The summed E-state index contributed by atoms with van der Waals surface area (Å²) in [6.07, 6.45) is 2.14. The average molecular weight is 189 g/mol. The third-order valence-electron chi connectivity index (χ3n) is 2.42. The van der Waals surface area contributed by atoms with E-state index in [1.54, 1.807) is 0 Å². The lowest BCUT2D eigenvalue weighted by molar-refractivity contribution is 0.768. The molecule has 3 nitrogen and oxygen atoms in total. The van der Waals surface area contributed by atoms with Crippen LogP contribution >= 0.6 is 0 Å². The topological polar surface area (TPSA) is 30.7 Å². The van der Waals surface area contributed by atoms with Gasteiger partial charge in [0, 0.05) is 19.2 Å². The summed E-state index contributed by atoms with van der Waals surface area (Å²) < 4.78 is 2.09. The van der Waals surface area contributed by atoms with E-state index in [1.165, 1.54) is 0 Å². The molecule has 74 valence electrons. The normalized spacial score (nSPS) is 11.1. The third kappa shape index (κ3) is 1.39. The molecule has 0 radical (unpaired) electrons. The quantitative estimate of drug-likeness (QED) is 0.725. The largest absolute Gasteiger partial charge is 0.316 e. The minimum absolute atomic E-state index is 0.994. The van der Waals surface area contributed by atoms with Crippen LogP contribution in [0.25, 0.3) is 11.2 Å². The van der Waals surface area contributed by atoms with Crippen LogP contribution in [-0.2, 0) is 13.5 Å². The SMILES string of the molecule is CCCc1nc2ccc(C)nc2n1C. The molecule has 0 saturated heterocycles. The van der Waals surface area contributed by atoms with Crippen LogP contribution in [0.4, 0.5) is 0 Å². The number of aryl methyl sites for hydroxylation is 3. The zero-order valence-electron chi connectivity index (χ0n) is 8.91. The molecule has 0 N–H and O–H groups in total. The molecule has 14 heavy (non-hydrogen) atoms. The molecule has 2 aromatic heterocycles. The summed E-state index contributed by atoms with van der Waals surface area (Å²) in [6.45, 7) is 4.17. The predicted octanol–water partition coefficient (Wildman–Crippen LogP) is 2.23. The number of hydrogen-bond acceptors (Lipinski definition) is 2. The fourth-order valence-corrected chi connectivity index (χ4v) is 1.65. The van der Waals surface area contributed by atoms with Gasteiger partial charge in [0.1, 0.15) is 11.3 Å². The maximum Gasteiger partial charge on any atom is 0.159 e. The summed E-state index contributed by atoms with van der Waals surface area (Å²) >= 11 is 0. The zero-order chi connectivity index (χ0) is 10.1. The molecule has 0 saturated carbocycles. The van der Waals surface area contributed by atoms with Gasteiger partial charge in [0.25, 0.3) is 0 Å². The molecule has 0 aliphatic heterocycles. The molecule has 0 aliphatic carbocycles. The van der Waals surface area contributed by atoms with Crippen molar-refractivity contribution in [2.75, 3.05) is 0 Å². The van der Waals surface area contributed by atoms with Gasteiger partial charge in [-0.3, -0.25) is 0 Å². The molecule has 0 aliphatic rings. The molecule has 0 bridgehead atoms. The lowest BCUT2D eigenvalue weighted by Crippen LogP contribution is -1.98. The van der Waals surface area contributed by atoms with E-state index in [1.807, 2.05) is 26.1 Å². The van der Waals surface area contributed by atoms with Gasteiger partial charge in [0.2, 0.25) is 0 Å². The van der Waals surface area contributed by atoms with Gasteiger partial charge in [-0.1, -0.05) is 6.92 Å². The Labute approximate surface area is 83.8 Å². The number of nitrogens with zero attached hydrogens (tertiary/aromatic N) is 3. The fourth-order valence-electron chi connectivity index (χ4n) is 1.65. The maximum absolute atomic E-state index is 4.54. The number of imidazole rings is 1. The van der Waals surface area contributed by atoms with Crippen LogP contribution < -0.4 is 0 Å². The minimum atomic E-state index is 0.994. The molecule has 0 fully saturated rings. The molecule has 0 aromatic carbocycles. The average Bonchev–Trinajstić information content (AvgIpc) is 2.46. The van der Waals surface area contributed by atoms with Gasteiger partial charge in [-0.15, -0.1) is 0 Å². The van der Waals surface area contributed by atoms with E-state index in [-0.39, 0.29) is 0 Å². The summed E-state index contributed by atoms with van der Waals surface area (Å²) in [5, 5.41) is 0. The number of rotatable bonds is 2. The molecular weight excluding hydrogens is 174 g/mol. The highest BCUT2D eigenvalue weighted by molar-refractivity contribution is 5.71. The molecule has 2 aromatic rings. The van der Waals surface area contributed by atoms with Crippen molar-refractivity contribution in [3.05, 3.63) is 23.7 Å². The monoisotopic (exact) mass is 189 g/mol. The van der Waals surface area contributed by atoms with Crippen molar-refractivity contribution in [2.24, 2.45) is 7.05 Å².